The summed E-state index contributed by atoms with van der Waals surface area (Å²) in [5.41, 5.74) is 11.8. The number of methoxy groups -OCH3 is 5. The van der Waals surface area contributed by atoms with E-state index < -0.39 is 48.2 Å². The molecule has 46 heavy (non-hydrogen) atoms. The maximum atomic E-state index is 11.4. The molecule has 0 aliphatic carbocycles. The number of hydrogen-bond acceptors (Lipinski definition) is 14. The van der Waals surface area contributed by atoms with E-state index in [0.29, 0.717) is 5.90 Å². The third-order valence-electron chi connectivity index (χ3n) is 6.19. The number of aliphatic carboxylic acids is 1. The molecule has 15 nitrogen and oxygen atoms in total. The number of aliphatic hydroxyl groups excluding tert-OH is 2. The number of nitrogens with zero attached hydrogens (tertiary/aromatic N) is 1. The number of hydrogen-bond donors (Lipinski definition) is 5. The van der Waals surface area contributed by atoms with Gasteiger partial charge in [0.15, 0.2) is 6.04 Å². The highest BCUT2D eigenvalue weighted by Gasteiger charge is 2.34. The van der Waals surface area contributed by atoms with E-state index in [1.54, 1.807) is 28.3 Å². The molecule has 258 valence electrons. The van der Waals surface area contributed by atoms with Crippen LogP contribution in [0.2, 0.25) is 0 Å². The quantitative estimate of drug-likeness (QED) is 0.176. The fourth-order valence-corrected chi connectivity index (χ4v) is 3.38. The summed E-state index contributed by atoms with van der Waals surface area (Å²) in [5, 5.41) is 25.2. The number of nitrogens with two attached hydrogens (primary N) is 2. The Morgan fingerprint density at radius 3 is 1.59 bits per heavy atom. The molecule has 0 saturated heterocycles. The van der Waals surface area contributed by atoms with Gasteiger partial charge in [0.05, 0.1) is 26.4 Å². The standard InChI is InChI=1S/C12H13NO3.C10H14O3.C5H11NO3.C4H9NO3/c1-8-10(12(14)15-2)13-11(16-8)9-6-4-3-5-7-9;1-11-10(12-2,13-3)9-7-5-4-6-8-9;1-3(7)4(6)5(8)9-2;1-2(6)3(5)4(7)8/h3-8,10H,1-2H3;4-8H,1-3H3;3-4,7H,6H2,1-2H3;2-3,6H,5H2,1H3,(H,7,8)/t8-,10+;;3-,4+;2-,3+/m0.00/s1. The Kier molecular flexibility index (Phi) is 19.8. The highest BCUT2D eigenvalue weighted by Crippen LogP contribution is 2.26. The van der Waals surface area contributed by atoms with Gasteiger partial charge >= 0.3 is 23.9 Å². The van der Waals surface area contributed by atoms with Crippen LogP contribution in [0.5, 0.6) is 0 Å². The zero-order chi connectivity index (χ0) is 35.4. The van der Waals surface area contributed by atoms with Crippen LogP contribution in [0.1, 0.15) is 31.9 Å². The van der Waals surface area contributed by atoms with Crippen LogP contribution in [0.25, 0.3) is 0 Å². The number of benzene rings is 2. The predicted octanol–water partition coefficient (Wildman–Crippen LogP) is 0.776. The second-order valence-corrected chi connectivity index (χ2v) is 9.52. The Balaban J connectivity index is 0.000000612. The van der Waals surface area contributed by atoms with Gasteiger partial charge in [0, 0.05) is 32.5 Å². The average Bonchev–Trinajstić information content (AvgIpc) is 3.47. The smallest absolute Gasteiger partial charge is 0.334 e. The van der Waals surface area contributed by atoms with Crippen LogP contribution in [0, 0.1) is 0 Å². The maximum Gasteiger partial charge on any atom is 0.334 e. The Morgan fingerprint density at radius 1 is 0.804 bits per heavy atom. The van der Waals surface area contributed by atoms with E-state index in [0.717, 1.165) is 11.1 Å². The lowest BCUT2D eigenvalue weighted by molar-refractivity contribution is -0.364. The lowest BCUT2D eigenvalue weighted by Crippen LogP contribution is -2.40. The molecule has 0 spiro atoms. The third-order valence-corrected chi connectivity index (χ3v) is 6.19. The minimum absolute atomic E-state index is 0.275. The molecule has 1 heterocycles. The summed E-state index contributed by atoms with van der Waals surface area (Å²) >= 11 is 0. The van der Waals surface area contributed by atoms with Crippen LogP contribution in [0.15, 0.2) is 65.7 Å². The number of ether oxygens (including phenoxy) is 6. The Bertz CT molecular complexity index is 1180. The molecule has 0 radical (unpaired) electrons. The molecular weight excluding hydrogens is 606 g/mol. The summed E-state index contributed by atoms with van der Waals surface area (Å²) in [6.07, 6.45) is -2.10. The highest BCUT2D eigenvalue weighted by atomic mass is 16.9. The van der Waals surface area contributed by atoms with E-state index in [-0.39, 0.29) is 12.1 Å². The zero-order valence-corrected chi connectivity index (χ0v) is 27.4. The maximum absolute atomic E-state index is 11.4. The van der Waals surface area contributed by atoms with Gasteiger partial charge in [-0.25, -0.2) is 9.79 Å². The van der Waals surface area contributed by atoms with Gasteiger partial charge in [-0.05, 0) is 32.9 Å². The summed E-state index contributed by atoms with van der Waals surface area (Å²) < 4.78 is 30.0. The van der Waals surface area contributed by atoms with Crippen molar-refractivity contribution in [2.45, 2.75) is 63.2 Å². The first-order valence-corrected chi connectivity index (χ1v) is 13.9. The number of esters is 2. The molecule has 0 unspecified atom stereocenters. The van der Waals surface area contributed by atoms with Gasteiger partial charge in [-0.1, -0.05) is 48.5 Å². The topological polar surface area (TPSA) is 232 Å². The number of aliphatic hydroxyl groups is 2. The number of carboxylic acids is 1. The molecule has 0 bridgehead atoms. The lowest BCUT2D eigenvalue weighted by Gasteiger charge is -2.28. The highest BCUT2D eigenvalue weighted by molar-refractivity contribution is 5.97. The van der Waals surface area contributed by atoms with Crippen molar-refractivity contribution in [2.24, 2.45) is 16.5 Å². The predicted molar refractivity (Wildman–Crippen MR) is 167 cm³/mol. The SMILES string of the molecule is COC(=O)[C@@H]1N=C(c2ccccc2)O[C@H]1C.COC(=O)[C@H](N)[C@H](C)O.COC(OC)(OC)c1ccccc1.C[C@H](O)[C@@H](N)C(=O)O. The Labute approximate surface area is 269 Å². The number of carbonyl (C=O) groups excluding carboxylic acids is 2. The summed E-state index contributed by atoms with van der Waals surface area (Å²) in [4.78, 5) is 35.9. The van der Waals surface area contributed by atoms with Crippen molar-refractivity contribution >= 4 is 23.8 Å². The van der Waals surface area contributed by atoms with Crippen molar-refractivity contribution in [3.05, 3.63) is 71.8 Å². The van der Waals surface area contributed by atoms with Gasteiger partial charge in [-0.2, -0.15) is 0 Å². The van der Waals surface area contributed by atoms with Crippen LogP contribution in [-0.2, 0) is 48.8 Å². The molecule has 2 aromatic carbocycles. The lowest BCUT2D eigenvalue weighted by atomic mass is 10.2. The van der Waals surface area contributed by atoms with Crippen molar-refractivity contribution in [1.29, 1.82) is 0 Å². The van der Waals surface area contributed by atoms with Crippen LogP contribution < -0.4 is 11.5 Å². The molecule has 15 heteroatoms. The van der Waals surface area contributed by atoms with Crippen molar-refractivity contribution in [2.75, 3.05) is 35.5 Å². The van der Waals surface area contributed by atoms with E-state index in [1.807, 2.05) is 60.7 Å². The van der Waals surface area contributed by atoms with E-state index in [2.05, 4.69) is 14.5 Å². The van der Waals surface area contributed by atoms with E-state index in [4.69, 9.17) is 45.7 Å². The fraction of sp³-hybridized carbons (Fsp3) is 0.484. The normalized spacial score (nSPS) is 17.7. The van der Waals surface area contributed by atoms with Gasteiger partial charge in [0.1, 0.15) is 18.2 Å². The molecule has 0 saturated carbocycles. The van der Waals surface area contributed by atoms with Crippen molar-refractivity contribution in [3.8, 4) is 0 Å². The monoisotopic (exact) mass is 653 g/mol. The Hall–Kier alpha value is -3.96. The first-order valence-electron chi connectivity index (χ1n) is 13.9. The minimum Gasteiger partial charge on any atom is -0.480 e. The van der Waals surface area contributed by atoms with Gasteiger partial charge in [-0.3, -0.25) is 9.59 Å². The van der Waals surface area contributed by atoms with Gasteiger partial charge in [0.25, 0.3) is 0 Å². The fourth-order valence-electron chi connectivity index (χ4n) is 3.38. The summed E-state index contributed by atoms with van der Waals surface area (Å²) in [6, 6.07) is 16.4. The summed E-state index contributed by atoms with van der Waals surface area (Å²) in [7, 11) is 7.20. The minimum atomic E-state index is -1.18. The molecule has 1 aliphatic rings. The van der Waals surface area contributed by atoms with Crippen molar-refractivity contribution in [3.63, 3.8) is 0 Å². The molecule has 0 fully saturated rings. The number of aliphatic imine (C=N–C) groups is 1. The number of carbonyl (C=O) groups is 3. The first-order chi connectivity index (χ1) is 21.7. The molecule has 6 atom stereocenters. The van der Waals surface area contributed by atoms with Crippen LogP contribution in [-0.4, -0.2) is 111 Å². The number of carboxylic acid groups (broad SMARTS) is 1. The zero-order valence-electron chi connectivity index (χ0n) is 27.4. The average molecular weight is 654 g/mol. The largest absolute Gasteiger partial charge is 0.480 e. The molecule has 0 amide bonds. The second kappa shape index (κ2) is 21.7. The van der Waals surface area contributed by atoms with Crippen molar-refractivity contribution < 1.29 is 58.1 Å². The van der Waals surface area contributed by atoms with Crippen LogP contribution in [0.3, 0.4) is 0 Å². The van der Waals surface area contributed by atoms with Crippen molar-refractivity contribution in [1.82, 2.24) is 0 Å². The first kappa shape index (κ1) is 42.0. The summed E-state index contributed by atoms with van der Waals surface area (Å²) in [5.74, 6) is -2.71. The molecule has 1 aliphatic heterocycles. The van der Waals surface area contributed by atoms with Crippen LogP contribution >= 0.6 is 0 Å². The molecule has 2 aromatic rings. The summed E-state index contributed by atoms with van der Waals surface area (Å²) in [6.45, 7) is 4.57. The van der Waals surface area contributed by atoms with Crippen LogP contribution in [0.4, 0.5) is 0 Å². The van der Waals surface area contributed by atoms with Gasteiger partial charge < -0.3 is 55.2 Å². The third kappa shape index (κ3) is 13.6. The Morgan fingerprint density at radius 2 is 1.26 bits per heavy atom. The molecule has 3 rings (SSSR count). The van der Waals surface area contributed by atoms with E-state index in [9.17, 15) is 14.4 Å². The van der Waals surface area contributed by atoms with E-state index >= 15 is 0 Å². The van der Waals surface area contributed by atoms with E-state index in [1.165, 1.54) is 28.1 Å². The van der Waals surface area contributed by atoms with Gasteiger partial charge in [0.2, 0.25) is 5.90 Å². The molecular formula is C31H47N3O12. The molecule has 0 aromatic heterocycles. The molecule has 7 N–H and O–H groups in total. The second-order valence-electron chi connectivity index (χ2n) is 9.52. The number of rotatable bonds is 10. The van der Waals surface area contributed by atoms with Gasteiger partial charge in [-0.15, -0.1) is 0 Å².